The lowest BCUT2D eigenvalue weighted by Crippen LogP contribution is -2.25. The van der Waals surface area contributed by atoms with Crippen molar-refractivity contribution >= 4 is 17.3 Å². The van der Waals surface area contributed by atoms with Crippen molar-refractivity contribution in [2.45, 2.75) is 39.2 Å². The predicted octanol–water partition coefficient (Wildman–Crippen LogP) is 3.01. The standard InChI is InChI=1S/C14H20N2O2/c1-3-4-5-10(2)15-11-6-7-13-12(8-11)16-14(17)9-18-13/h6-8,10,15H,3-5,9H2,1-2H3,(H,16,17). The minimum atomic E-state index is -0.0984. The van der Waals surface area contributed by atoms with Crippen LogP contribution in [0.5, 0.6) is 5.75 Å². The molecule has 0 fully saturated rings. The van der Waals surface area contributed by atoms with E-state index in [0.29, 0.717) is 6.04 Å². The van der Waals surface area contributed by atoms with Crippen LogP contribution in [0.3, 0.4) is 0 Å². The van der Waals surface area contributed by atoms with Crippen LogP contribution in [0, 0.1) is 0 Å². The SMILES string of the molecule is CCCCC(C)Nc1ccc2c(c1)NC(=O)CO2. The number of carbonyl (C=O) groups is 1. The van der Waals surface area contributed by atoms with Crippen LogP contribution >= 0.6 is 0 Å². The number of anilines is 2. The average molecular weight is 248 g/mol. The molecule has 4 heteroatoms. The molecule has 18 heavy (non-hydrogen) atoms. The molecule has 1 amide bonds. The summed E-state index contributed by atoms with van der Waals surface area (Å²) in [5.41, 5.74) is 1.77. The number of rotatable bonds is 5. The van der Waals surface area contributed by atoms with Gasteiger partial charge in [-0.25, -0.2) is 0 Å². The minimum Gasteiger partial charge on any atom is -0.482 e. The van der Waals surface area contributed by atoms with Crippen LogP contribution in [0.2, 0.25) is 0 Å². The molecule has 98 valence electrons. The van der Waals surface area contributed by atoms with Gasteiger partial charge >= 0.3 is 0 Å². The minimum absolute atomic E-state index is 0.0984. The van der Waals surface area contributed by atoms with Gasteiger partial charge in [-0.05, 0) is 31.5 Å². The van der Waals surface area contributed by atoms with E-state index in [1.807, 2.05) is 18.2 Å². The van der Waals surface area contributed by atoms with Crippen LogP contribution in [0.4, 0.5) is 11.4 Å². The van der Waals surface area contributed by atoms with Crippen molar-refractivity contribution in [1.29, 1.82) is 0 Å². The summed E-state index contributed by atoms with van der Waals surface area (Å²) in [4.78, 5) is 11.2. The van der Waals surface area contributed by atoms with Gasteiger partial charge in [0.05, 0.1) is 5.69 Å². The first kappa shape index (κ1) is 12.7. The topological polar surface area (TPSA) is 50.4 Å². The molecule has 0 spiro atoms. The Kier molecular flexibility index (Phi) is 4.07. The fourth-order valence-corrected chi connectivity index (χ4v) is 2.04. The van der Waals surface area contributed by atoms with Gasteiger partial charge in [-0.15, -0.1) is 0 Å². The molecule has 0 saturated carbocycles. The van der Waals surface area contributed by atoms with Gasteiger partial charge in [0.25, 0.3) is 5.91 Å². The Bertz CT molecular complexity index is 432. The normalized spacial score (nSPS) is 15.3. The zero-order valence-corrected chi connectivity index (χ0v) is 11.0. The van der Waals surface area contributed by atoms with E-state index in [1.165, 1.54) is 12.8 Å². The van der Waals surface area contributed by atoms with Crippen molar-refractivity contribution in [1.82, 2.24) is 0 Å². The van der Waals surface area contributed by atoms with Gasteiger partial charge in [0.2, 0.25) is 0 Å². The molecule has 1 aromatic carbocycles. The molecule has 1 heterocycles. The lowest BCUT2D eigenvalue weighted by molar-refractivity contribution is -0.118. The second-order valence-electron chi connectivity index (χ2n) is 4.74. The summed E-state index contributed by atoms with van der Waals surface area (Å²) >= 11 is 0. The van der Waals surface area contributed by atoms with E-state index in [9.17, 15) is 4.79 Å². The monoisotopic (exact) mass is 248 g/mol. The zero-order valence-electron chi connectivity index (χ0n) is 11.0. The van der Waals surface area contributed by atoms with Crippen LogP contribution in [0.1, 0.15) is 33.1 Å². The Balaban J connectivity index is 2.02. The molecule has 1 aliphatic heterocycles. The molecular formula is C14H20N2O2. The van der Waals surface area contributed by atoms with Crippen LogP contribution in [0.15, 0.2) is 18.2 Å². The van der Waals surface area contributed by atoms with Crippen molar-refractivity contribution in [3.63, 3.8) is 0 Å². The van der Waals surface area contributed by atoms with Crippen molar-refractivity contribution in [3.8, 4) is 5.75 Å². The number of hydrogen-bond donors (Lipinski definition) is 2. The molecule has 1 aliphatic rings. The third-order valence-electron chi connectivity index (χ3n) is 3.02. The number of carbonyl (C=O) groups excluding carboxylic acids is 1. The Labute approximate surface area is 108 Å². The maximum absolute atomic E-state index is 11.2. The molecule has 1 aromatic rings. The fourth-order valence-electron chi connectivity index (χ4n) is 2.04. The molecule has 0 radical (unpaired) electrons. The fraction of sp³-hybridized carbons (Fsp3) is 0.500. The lowest BCUT2D eigenvalue weighted by Gasteiger charge is -2.20. The van der Waals surface area contributed by atoms with Gasteiger partial charge in [0, 0.05) is 11.7 Å². The Hall–Kier alpha value is -1.71. The van der Waals surface area contributed by atoms with E-state index in [4.69, 9.17) is 4.74 Å². The number of fused-ring (bicyclic) bond motifs is 1. The van der Waals surface area contributed by atoms with Gasteiger partial charge in [0.15, 0.2) is 6.61 Å². The third-order valence-corrected chi connectivity index (χ3v) is 3.02. The maximum Gasteiger partial charge on any atom is 0.262 e. The highest BCUT2D eigenvalue weighted by atomic mass is 16.5. The quantitative estimate of drug-likeness (QED) is 0.842. The maximum atomic E-state index is 11.2. The van der Waals surface area contributed by atoms with Crippen molar-refractivity contribution in [2.24, 2.45) is 0 Å². The number of benzene rings is 1. The summed E-state index contributed by atoms with van der Waals surface area (Å²) in [6.07, 6.45) is 3.58. The van der Waals surface area contributed by atoms with E-state index in [1.54, 1.807) is 0 Å². The van der Waals surface area contributed by atoms with E-state index < -0.39 is 0 Å². The molecule has 2 rings (SSSR count). The van der Waals surface area contributed by atoms with E-state index in [0.717, 1.165) is 23.5 Å². The predicted molar refractivity (Wildman–Crippen MR) is 73.2 cm³/mol. The number of amides is 1. The van der Waals surface area contributed by atoms with Gasteiger partial charge in [0.1, 0.15) is 5.75 Å². The summed E-state index contributed by atoms with van der Waals surface area (Å²) in [5, 5.41) is 6.25. The second-order valence-corrected chi connectivity index (χ2v) is 4.74. The van der Waals surface area contributed by atoms with Crippen molar-refractivity contribution < 1.29 is 9.53 Å². The number of ether oxygens (including phenoxy) is 1. The molecule has 0 aromatic heterocycles. The summed E-state index contributed by atoms with van der Waals surface area (Å²) < 4.78 is 5.32. The first-order valence-corrected chi connectivity index (χ1v) is 6.52. The molecule has 0 bridgehead atoms. The molecule has 2 N–H and O–H groups in total. The lowest BCUT2D eigenvalue weighted by atomic mass is 10.1. The largest absolute Gasteiger partial charge is 0.482 e. The highest BCUT2D eigenvalue weighted by Gasteiger charge is 2.16. The van der Waals surface area contributed by atoms with E-state index in [-0.39, 0.29) is 12.5 Å². The molecule has 4 nitrogen and oxygen atoms in total. The van der Waals surface area contributed by atoms with Crippen LogP contribution in [0.25, 0.3) is 0 Å². The smallest absolute Gasteiger partial charge is 0.262 e. The van der Waals surface area contributed by atoms with Gasteiger partial charge in [-0.3, -0.25) is 4.79 Å². The van der Waals surface area contributed by atoms with E-state index in [2.05, 4.69) is 24.5 Å². The Morgan fingerprint density at radius 3 is 3.11 bits per heavy atom. The second kappa shape index (κ2) is 5.76. The average Bonchev–Trinajstić information content (AvgIpc) is 2.36. The van der Waals surface area contributed by atoms with Crippen molar-refractivity contribution in [2.75, 3.05) is 17.2 Å². The number of nitrogens with one attached hydrogen (secondary N) is 2. The summed E-state index contributed by atoms with van der Waals surface area (Å²) in [7, 11) is 0. The number of hydrogen-bond acceptors (Lipinski definition) is 3. The number of unbranched alkanes of at least 4 members (excludes halogenated alkanes) is 1. The molecule has 0 aliphatic carbocycles. The highest BCUT2D eigenvalue weighted by Crippen LogP contribution is 2.30. The Morgan fingerprint density at radius 2 is 2.33 bits per heavy atom. The van der Waals surface area contributed by atoms with Crippen molar-refractivity contribution in [3.05, 3.63) is 18.2 Å². The van der Waals surface area contributed by atoms with Gasteiger partial charge < -0.3 is 15.4 Å². The molecule has 1 atom stereocenters. The van der Waals surface area contributed by atoms with Gasteiger partial charge in [-0.2, -0.15) is 0 Å². The molecule has 1 unspecified atom stereocenters. The molecular weight excluding hydrogens is 228 g/mol. The van der Waals surface area contributed by atoms with E-state index >= 15 is 0 Å². The summed E-state index contributed by atoms with van der Waals surface area (Å²) in [5.74, 6) is 0.639. The van der Waals surface area contributed by atoms with Crippen LogP contribution in [-0.4, -0.2) is 18.6 Å². The highest BCUT2D eigenvalue weighted by molar-refractivity contribution is 5.96. The van der Waals surface area contributed by atoms with Crippen LogP contribution in [-0.2, 0) is 4.79 Å². The zero-order chi connectivity index (χ0) is 13.0. The summed E-state index contributed by atoms with van der Waals surface area (Å²) in [6.45, 7) is 4.47. The molecule has 0 saturated heterocycles. The van der Waals surface area contributed by atoms with Crippen LogP contribution < -0.4 is 15.4 Å². The Morgan fingerprint density at radius 1 is 1.50 bits per heavy atom. The first-order chi connectivity index (χ1) is 8.69. The summed E-state index contributed by atoms with van der Waals surface area (Å²) in [6, 6.07) is 6.24. The first-order valence-electron chi connectivity index (χ1n) is 6.52. The third kappa shape index (κ3) is 3.15. The van der Waals surface area contributed by atoms with Gasteiger partial charge in [-0.1, -0.05) is 19.8 Å².